The Morgan fingerprint density at radius 3 is 3.12 bits per heavy atom. The molecule has 2 N–H and O–H groups in total. The zero-order valence-electron chi connectivity index (χ0n) is 8.24. The molecule has 0 aliphatic carbocycles. The van der Waals surface area contributed by atoms with Crippen molar-refractivity contribution in [3.8, 4) is 0 Å². The number of hydrogen-bond donors (Lipinski definition) is 2. The third-order valence-corrected chi connectivity index (χ3v) is 3.10. The molecule has 0 radical (unpaired) electrons. The SMILES string of the molecule is O=C(CCO)Nc1nc2ccc(Cl)cc2s1. The van der Waals surface area contributed by atoms with E-state index in [1.165, 1.54) is 11.3 Å². The van der Waals surface area contributed by atoms with Gasteiger partial charge in [0.1, 0.15) is 0 Å². The van der Waals surface area contributed by atoms with Gasteiger partial charge in [-0.05, 0) is 18.2 Å². The number of halogens is 1. The summed E-state index contributed by atoms with van der Waals surface area (Å²) >= 11 is 7.20. The molecule has 1 heterocycles. The number of amides is 1. The van der Waals surface area contributed by atoms with Gasteiger partial charge in [0.25, 0.3) is 0 Å². The maximum Gasteiger partial charge on any atom is 0.228 e. The summed E-state index contributed by atoms with van der Waals surface area (Å²) in [5.41, 5.74) is 0.800. The minimum atomic E-state index is -0.243. The lowest BCUT2D eigenvalue weighted by atomic mass is 10.3. The van der Waals surface area contributed by atoms with Crippen LogP contribution in [0.1, 0.15) is 6.42 Å². The van der Waals surface area contributed by atoms with Crippen molar-refractivity contribution in [1.82, 2.24) is 4.98 Å². The van der Waals surface area contributed by atoms with Crippen molar-refractivity contribution in [3.05, 3.63) is 23.2 Å². The molecule has 2 aromatic rings. The van der Waals surface area contributed by atoms with Crippen LogP contribution in [0.25, 0.3) is 10.2 Å². The lowest BCUT2D eigenvalue weighted by Gasteiger charge is -1.97. The summed E-state index contributed by atoms with van der Waals surface area (Å²) in [4.78, 5) is 15.4. The van der Waals surface area contributed by atoms with E-state index >= 15 is 0 Å². The molecule has 2 rings (SSSR count). The number of fused-ring (bicyclic) bond motifs is 1. The predicted octanol–water partition coefficient (Wildman–Crippen LogP) is 2.27. The number of aromatic nitrogens is 1. The largest absolute Gasteiger partial charge is 0.396 e. The van der Waals surface area contributed by atoms with Gasteiger partial charge in [-0.25, -0.2) is 4.98 Å². The maximum atomic E-state index is 11.2. The molecule has 6 heteroatoms. The quantitative estimate of drug-likeness (QED) is 0.886. The van der Waals surface area contributed by atoms with Crippen molar-refractivity contribution in [2.75, 3.05) is 11.9 Å². The van der Waals surface area contributed by atoms with Crippen LogP contribution in [-0.4, -0.2) is 22.6 Å². The lowest BCUT2D eigenvalue weighted by Crippen LogP contribution is -2.12. The number of rotatable bonds is 3. The van der Waals surface area contributed by atoms with Gasteiger partial charge in [-0.2, -0.15) is 0 Å². The second kappa shape index (κ2) is 4.78. The zero-order valence-corrected chi connectivity index (χ0v) is 9.81. The molecule has 4 nitrogen and oxygen atoms in total. The summed E-state index contributed by atoms with van der Waals surface area (Å²) in [6, 6.07) is 5.36. The Morgan fingerprint density at radius 1 is 1.56 bits per heavy atom. The van der Waals surface area contributed by atoms with Gasteiger partial charge in [-0.15, -0.1) is 0 Å². The Kier molecular flexibility index (Phi) is 3.38. The van der Waals surface area contributed by atoms with Gasteiger partial charge in [0.05, 0.1) is 23.2 Å². The highest BCUT2D eigenvalue weighted by Gasteiger charge is 2.07. The van der Waals surface area contributed by atoms with Crippen LogP contribution < -0.4 is 5.32 Å². The normalized spacial score (nSPS) is 10.6. The highest BCUT2D eigenvalue weighted by Crippen LogP contribution is 2.28. The molecule has 0 fully saturated rings. The number of aliphatic hydroxyl groups excluding tert-OH is 1. The first-order valence-electron chi connectivity index (χ1n) is 4.66. The number of carbonyl (C=O) groups is 1. The summed E-state index contributed by atoms with van der Waals surface area (Å²) in [6.07, 6.45) is 0.0800. The van der Waals surface area contributed by atoms with Crippen LogP contribution in [0.2, 0.25) is 5.02 Å². The van der Waals surface area contributed by atoms with Gasteiger partial charge < -0.3 is 10.4 Å². The van der Waals surface area contributed by atoms with Crippen molar-refractivity contribution < 1.29 is 9.90 Å². The standard InChI is InChI=1S/C10H9ClN2O2S/c11-6-1-2-7-8(5-6)16-10(12-7)13-9(15)3-4-14/h1-2,5,14H,3-4H2,(H,12,13,15). The van der Waals surface area contributed by atoms with E-state index in [1.54, 1.807) is 18.2 Å². The summed E-state index contributed by atoms with van der Waals surface area (Å²) < 4.78 is 0.923. The fourth-order valence-corrected chi connectivity index (χ4v) is 2.39. The van der Waals surface area contributed by atoms with Crippen molar-refractivity contribution in [3.63, 3.8) is 0 Å². The number of benzene rings is 1. The molecule has 0 spiro atoms. The van der Waals surface area contributed by atoms with Gasteiger partial charge in [0, 0.05) is 5.02 Å². The van der Waals surface area contributed by atoms with Crippen LogP contribution in [0.4, 0.5) is 5.13 Å². The molecule has 0 saturated carbocycles. The number of thiazole rings is 1. The summed E-state index contributed by atoms with van der Waals surface area (Å²) in [7, 11) is 0. The minimum absolute atomic E-state index is 0.0800. The number of nitrogens with zero attached hydrogens (tertiary/aromatic N) is 1. The van der Waals surface area contributed by atoms with Crippen molar-refractivity contribution in [2.24, 2.45) is 0 Å². The first-order chi connectivity index (χ1) is 7.69. The number of hydrogen-bond acceptors (Lipinski definition) is 4. The Balaban J connectivity index is 2.23. The molecule has 84 valence electrons. The van der Waals surface area contributed by atoms with Gasteiger partial charge >= 0.3 is 0 Å². The predicted molar refractivity (Wildman–Crippen MR) is 65.0 cm³/mol. The smallest absolute Gasteiger partial charge is 0.228 e. The Morgan fingerprint density at radius 2 is 2.38 bits per heavy atom. The Hall–Kier alpha value is -1.17. The molecule has 0 saturated heterocycles. The molecule has 0 bridgehead atoms. The van der Waals surface area contributed by atoms with E-state index in [-0.39, 0.29) is 18.9 Å². The van der Waals surface area contributed by atoms with Gasteiger partial charge in [0.2, 0.25) is 5.91 Å². The molecular weight excluding hydrogens is 248 g/mol. The van der Waals surface area contributed by atoms with Crippen LogP contribution in [0.5, 0.6) is 0 Å². The fourth-order valence-electron chi connectivity index (χ4n) is 1.24. The van der Waals surface area contributed by atoms with Crippen LogP contribution in [0, 0.1) is 0 Å². The van der Waals surface area contributed by atoms with Gasteiger partial charge in [0.15, 0.2) is 5.13 Å². The molecule has 1 aromatic carbocycles. The van der Waals surface area contributed by atoms with Crippen molar-refractivity contribution in [1.29, 1.82) is 0 Å². The number of nitrogens with one attached hydrogen (secondary N) is 1. The monoisotopic (exact) mass is 256 g/mol. The Bertz CT molecular complexity index is 527. The second-order valence-corrected chi connectivity index (χ2v) is 4.62. The van der Waals surface area contributed by atoms with Crippen LogP contribution >= 0.6 is 22.9 Å². The first kappa shape index (κ1) is 11.3. The van der Waals surface area contributed by atoms with E-state index in [4.69, 9.17) is 16.7 Å². The molecule has 16 heavy (non-hydrogen) atoms. The minimum Gasteiger partial charge on any atom is -0.396 e. The Labute approximate surface area is 101 Å². The van der Waals surface area contributed by atoms with E-state index < -0.39 is 0 Å². The summed E-state index contributed by atoms with van der Waals surface area (Å²) in [6.45, 7) is -0.164. The average Bonchev–Trinajstić information content (AvgIpc) is 2.59. The van der Waals surface area contributed by atoms with E-state index in [9.17, 15) is 4.79 Å². The van der Waals surface area contributed by atoms with Crippen LogP contribution in [0.15, 0.2) is 18.2 Å². The van der Waals surface area contributed by atoms with Gasteiger partial charge in [-0.1, -0.05) is 22.9 Å². The van der Waals surface area contributed by atoms with Gasteiger partial charge in [-0.3, -0.25) is 4.79 Å². The second-order valence-electron chi connectivity index (χ2n) is 3.15. The number of anilines is 1. The molecule has 0 atom stereocenters. The van der Waals surface area contributed by atoms with Crippen molar-refractivity contribution >= 4 is 44.2 Å². The molecule has 0 aliphatic rings. The summed E-state index contributed by atoms with van der Waals surface area (Å²) in [5.74, 6) is -0.243. The zero-order chi connectivity index (χ0) is 11.5. The molecule has 0 aliphatic heterocycles. The fraction of sp³-hybridized carbons (Fsp3) is 0.200. The first-order valence-corrected chi connectivity index (χ1v) is 5.85. The van der Waals surface area contributed by atoms with Crippen molar-refractivity contribution in [2.45, 2.75) is 6.42 Å². The third kappa shape index (κ3) is 2.49. The van der Waals surface area contributed by atoms with Crippen LogP contribution in [-0.2, 0) is 4.79 Å². The van der Waals surface area contributed by atoms with E-state index in [0.717, 1.165) is 10.2 Å². The summed E-state index contributed by atoms with van der Waals surface area (Å²) in [5, 5.41) is 12.4. The van der Waals surface area contributed by atoms with E-state index in [1.807, 2.05) is 0 Å². The maximum absolute atomic E-state index is 11.2. The molecular formula is C10H9ClN2O2S. The third-order valence-electron chi connectivity index (χ3n) is 1.94. The topological polar surface area (TPSA) is 62.2 Å². The number of carbonyl (C=O) groups excluding carboxylic acids is 1. The van der Waals surface area contributed by atoms with E-state index in [2.05, 4.69) is 10.3 Å². The average molecular weight is 257 g/mol. The molecule has 1 amide bonds. The molecule has 1 aromatic heterocycles. The van der Waals surface area contributed by atoms with Crippen LogP contribution in [0.3, 0.4) is 0 Å². The highest BCUT2D eigenvalue weighted by molar-refractivity contribution is 7.22. The highest BCUT2D eigenvalue weighted by atomic mass is 35.5. The lowest BCUT2D eigenvalue weighted by molar-refractivity contribution is -0.116. The van der Waals surface area contributed by atoms with E-state index in [0.29, 0.717) is 10.2 Å². The molecule has 0 unspecified atom stereocenters. The number of aliphatic hydroxyl groups is 1.